The van der Waals surface area contributed by atoms with E-state index in [2.05, 4.69) is 10.6 Å². The van der Waals surface area contributed by atoms with Crippen molar-refractivity contribution in [3.8, 4) is 5.75 Å². The summed E-state index contributed by atoms with van der Waals surface area (Å²) in [5.74, 6) is -1.74. The molecule has 40 heavy (non-hydrogen) atoms. The first-order valence-electron chi connectivity index (χ1n) is 13.4. The van der Waals surface area contributed by atoms with Crippen molar-refractivity contribution in [3.63, 3.8) is 0 Å². The van der Waals surface area contributed by atoms with E-state index in [1.54, 1.807) is 6.92 Å². The molecule has 225 valence electrons. The first-order valence-corrected chi connectivity index (χ1v) is 13.4. The summed E-state index contributed by atoms with van der Waals surface area (Å²) in [5, 5.41) is 7.07. The van der Waals surface area contributed by atoms with E-state index >= 15 is 0 Å². The van der Waals surface area contributed by atoms with Gasteiger partial charge >= 0.3 is 6.18 Å². The monoisotopic (exact) mass is 742 g/mol. The van der Waals surface area contributed by atoms with E-state index in [9.17, 15) is 27.6 Å². The molecule has 0 aromatic heterocycles. The summed E-state index contributed by atoms with van der Waals surface area (Å²) in [5.41, 5.74) is -3.26. The molecule has 0 bridgehead atoms. The Bertz CT molecular complexity index is 1070. The molecule has 1 aromatic carbocycles. The van der Waals surface area contributed by atoms with E-state index in [0.29, 0.717) is 25.9 Å². The van der Waals surface area contributed by atoms with Crippen LogP contribution in [0.15, 0.2) is 12.1 Å². The molecular weight excluding hydrogens is 704 g/mol. The van der Waals surface area contributed by atoms with Gasteiger partial charge in [-0.3, -0.25) is 14.4 Å². The molecule has 1 aromatic rings. The topological polar surface area (TPSA) is 102 Å². The Morgan fingerprint density at radius 3 is 2.58 bits per heavy atom. The molecule has 1 unspecified atom stereocenters. The van der Waals surface area contributed by atoms with Crippen LogP contribution in [0.3, 0.4) is 0 Å². The Hall–Kier alpha value is -2.20. The van der Waals surface area contributed by atoms with Crippen molar-refractivity contribution in [3.05, 3.63) is 28.6 Å². The van der Waals surface area contributed by atoms with Gasteiger partial charge in [0.05, 0.1) is 23.4 Å². The van der Waals surface area contributed by atoms with Crippen LogP contribution >= 0.6 is 0 Å². The summed E-state index contributed by atoms with van der Waals surface area (Å²) >= 11 is 0. The van der Waals surface area contributed by atoms with Crippen molar-refractivity contribution in [2.24, 2.45) is 0 Å². The largest absolute Gasteiger partial charge is 0.661 e. The number of amides is 3. The fourth-order valence-corrected chi connectivity index (χ4v) is 5.03. The number of nitrogens with one attached hydrogen (secondary N) is 1. The van der Waals surface area contributed by atoms with E-state index in [-0.39, 0.29) is 76.0 Å². The van der Waals surface area contributed by atoms with Gasteiger partial charge in [-0.2, -0.15) is 13.2 Å². The van der Waals surface area contributed by atoms with Crippen LogP contribution in [-0.4, -0.2) is 80.2 Å². The predicted octanol–water partition coefficient (Wildman–Crippen LogP) is 4.14. The van der Waals surface area contributed by atoms with E-state index in [1.807, 2.05) is 13.8 Å². The third-order valence-electron chi connectivity index (χ3n) is 7.24. The summed E-state index contributed by atoms with van der Waals surface area (Å²) in [6, 6.07) is 1.25. The van der Waals surface area contributed by atoms with E-state index in [0.717, 1.165) is 18.6 Å². The first-order chi connectivity index (χ1) is 18.4. The van der Waals surface area contributed by atoms with Gasteiger partial charge in [0.15, 0.2) is 0 Å². The smallest absolute Gasteiger partial charge is 0.417 e. The number of carbonyl (C=O) groups is 3. The number of halogens is 3. The number of carbonyl (C=O) groups excluding carboxylic acids is 3. The molecule has 2 aliphatic heterocycles. The van der Waals surface area contributed by atoms with Crippen molar-refractivity contribution in [1.29, 1.82) is 0 Å². The van der Waals surface area contributed by atoms with Crippen LogP contribution in [0.25, 0.3) is 5.32 Å². The van der Waals surface area contributed by atoms with E-state index < -0.39 is 34.7 Å². The summed E-state index contributed by atoms with van der Waals surface area (Å²) in [6.07, 6.45) is -2.68. The van der Waals surface area contributed by atoms with Crippen molar-refractivity contribution in [2.45, 2.75) is 77.2 Å². The number of hydrogen-bond acceptors (Lipinski definition) is 5. The molecular formula is C27H38F3N4O5Re-. The van der Waals surface area contributed by atoms with Gasteiger partial charge < -0.3 is 29.9 Å². The molecule has 0 spiro atoms. The zero-order chi connectivity index (χ0) is 29.0. The SMILES string of the molecule is CCC(=O)NCCN1C(=O)[C@](C)(COC)Oc2cc(C(F)(F)F)c(C(=O)N(C(C)CC)[C@@H]3CCC[N-]C3)cc21.[Re]. The maximum Gasteiger partial charge on any atom is 0.417 e. The molecule has 2 aliphatic rings. The summed E-state index contributed by atoms with van der Waals surface area (Å²) in [7, 11) is 1.35. The Kier molecular flexibility index (Phi) is 12.0. The standard InChI is InChI=1S/C27H38F3N4O5.Re/c1-6-17(3)34(18-9-8-10-31-15-18)24(36)19-13-21-22(14-20(19)27(28,29)30)39-26(4,16-38-5)25(37)33(21)12-11-32-23(35)7-2;/h13-14,17-18H,6-12,15-16H2,1-5H3,(H,32,35);/q-1;/t17?,18-,26+;/m1./s1. The maximum atomic E-state index is 14.4. The first kappa shape index (κ1) is 34.0. The second-order valence-electron chi connectivity index (χ2n) is 10.2. The normalized spacial score (nSPS) is 21.6. The van der Waals surface area contributed by atoms with Crippen molar-refractivity contribution in [2.75, 3.05) is 44.8 Å². The number of hydrogen-bond donors (Lipinski definition) is 1. The average Bonchev–Trinajstić information content (AvgIpc) is 2.90. The number of alkyl halides is 3. The second kappa shape index (κ2) is 14.1. The zero-order valence-electron chi connectivity index (χ0n) is 23.6. The van der Waals surface area contributed by atoms with Gasteiger partial charge in [0.1, 0.15) is 5.75 Å². The summed E-state index contributed by atoms with van der Waals surface area (Å²) in [6.45, 7) is 7.64. The molecule has 9 nitrogen and oxygen atoms in total. The number of rotatable bonds is 10. The molecule has 3 amide bonds. The Balaban J connectivity index is 0.00000560. The van der Waals surface area contributed by atoms with Gasteiger partial charge in [-0.05, 0) is 38.8 Å². The van der Waals surface area contributed by atoms with Gasteiger partial charge in [0.25, 0.3) is 11.8 Å². The molecule has 0 aliphatic carbocycles. The summed E-state index contributed by atoms with van der Waals surface area (Å²) in [4.78, 5) is 42.0. The van der Waals surface area contributed by atoms with E-state index in [4.69, 9.17) is 9.47 Å². The van der Waals surface area contributed by atoms with Crippen molar-refractivity contribution < 1.29 is 57.5 Å². The minimum Gasteiger partial charge on any atom is -0.661 e. The van der Waals surface area contributed by atoms with Crippen LogP contribution in [0.4, 0.5) is 18.9 Å². The number of nitrogens with zero attached hydrogens (tertiary/aromatic N) is 3. The number of fused-ring (bicyclic) bond motifs is 1. The van der Waals surface area contributed by atoms with Gasteiger partial charge in [0, 0.05) is 59.1 Å². The number of piperidine rings is 1. The minimum atomic E-state index is -4.86. The van der Waals surface area contributed by atoms with E-state index in [1.165, 1.54) is 23.8 Å². The Labute approximate surface area is 247 Å². The Morgan fingerprint density at radius 1 is 1.32 bits per heavy atom. The summed E-state index contributed by atoms with van der Waals surface area (Å²) < 4.78 is 54.2. The quantitative estimate of drug-likeness (QED) is 0.389. The molecule has 3 atom stereocenters. The molecule has 13 heteroatoms. The van der Waals surface area contributed by atoms with Crippen LogP contribution in [0.5, 0.6) is 5.75 Å². The number of methoxy groups -OCH3 is 1. The van der Waals surface area contributed by atoms with Gasteiger partial charge in [-0.15, -0.1) is 13.1 Å². The molecule has 1 saturated heterocycles. The number of ether oxygens (including phenoxy) is 2. The third kappa shape index (κ3) is 7.35. The van der Waals surface area contributed by atoms with Crippen LogP contribution in [0, 0.1) is 0 Å². The zero-order valence-corrected chi connectivity index (χ0v) is 26.3. The van der Waals surface area contributed by atoms with Gasteiger partial charge in [-0.25, -0.2) is 0 Å². The van der Waals surface area contributed by atoms with Crippen molar-refractivity contribution >= 4 is 23.4 Å². The predicted molar refractivity (Wildman–Crippen MR) is 140 cm³/mol. The van der Waals surface area contributed by atoms with Crippen LogP contribution in [0.2, 0.25) is 0 Å². The van der Waals surface area contributed by atoms with Crippen LogP contribution < -0.4 is 15.0 Å². The maximum absolute atomic E-state index is 14.4. The fourth-order valence-electron chi connectivity index (χ4n) is 5.03. The van der Waals surface area contributed by atoms with Gasteiger partial charge in [-0.1, -0.05) is 20.3 Å². The molecule has 1 fully saturated rings. The molecule has 3 rings (SSSR count). The molecule has 1 N–H and O–H groups in total. The van der Waals surface area contributed by atoms with Crippen LogP contribution in [0.1, 0.15) is 69.3 Å². The molecule has 2 heterocycles. The third-order valence-corrected chi connectivity index (χ3v) is 7.24. The molecule has 1 radical (unpaired) electrons. The fraction of sp³-hybridized carbons (Fsp3) is 0.667. The number of anilines is 1. The molecule has 0 saturated carbocycles. The van der Waals surface area contributed by atoms with Gasteiger partial charge in [0.2, 0.25) is 11.5 Å². The second-order valence-corrected chi connectivity index (χ2v) is 10.2. The van der Waals surface area contributed by atoms with Crippen LogP contribution in [-0.2, 0) is 40.9 Å². The Morgan fingerprint density at radius 2 is 2.02 bits per heavy atom. The average molecular weight is 742 g/mol. The number of benzene rings is 1. The minimum absolute atomic E-state index is 0. The van der Waals surface area contributed by atoms with Crippen molar-refractivity contribution in [1.82, 2.24) is 10.2 Å².